The van der Waals surface area contributed by atoms with Crippen molar-refractivity contribution in [3.05, 3.63) is 52.8 Å². The molecule has 2 N–H and O–H groups in total. The van der Waals surface area contributed by atoms with Crippen LogP contribution in [0.1, 0.15) is 20.8 Å². The van der Waals surface area contributed by atoms with Gasteiger partial charge in [-0.1, -0.05) is 0 Å². The normalized spacial score (nSPS) is 12.6. The van der Waals surface area contributed by atoms with Gasteiger partial charge in [-0.2, -0.15) is 0 Å². The van der Waals surface area contributed by atoms with Crippen molar-refractivity contribution in [2.24, 2.45) is 7.05 Å². The average Bonchev–Trinajstić information content (AvgIpc) is 2.77. The number of aliphatic hydroxyl groups is 1. The number of β-amino-alcohol motifs (C(OH)–C–C–N with tert-alkyl or cyclic N) is 1. The lowest BCUT2D eigenvalue weighted by Gasteiger charge is -2.23. The van der Waals surface area contributed by atoms with E-state index in [-0.39, 0.29) is 17.7 Å². The molecular weight excluding hydrogens is 408 g/mol. The Morgan fingerprint density at radius 3 is 2.25 bits per heavy atom. The third-order valence-electron chi connectivity index (χ3n) is 5.20. The highest BCUT2D eigenvalue weighted by Gasteiger charge is 2.14. The molecule has 172 valence electrons. The first-order valence-electron chi connectivity index (χ1n) is 10.5. The number of hydrogen-bond donors (Lipinski definition) is 2. The van der Waals surface area contributed by atoms with Gasteiger partial charge in [-0.05, 0) is 74.2 Å². The van der Waals surface area contributed by atoms with Crippen molar-refractivity contribution >= 4 is 10.8 Å². The van der Waals surface area contributed by atoms with E-state index >= 15 is 0 Å². The van der Waals surface area contributed by atoms with Crippen LogP contribution in [0.15, 0.2) is 47.3 Å². The van der Waals surface area contributed by atoms with E-state index in [2.05, 4.69) is 5.32 Å². The van der Waals surface area contributed by atoms with Gasteiger partial charge >= 0.3 is 0 Å². The van der Waals surface area contributed by atoms with Gasteiger partial charge in [0.25, 0.3) is 5.56 Å². The van der Waals surface area contributed by atoms with Crippen LogP contribution in [0.5, 0.6) is 17.2 Å². The maximum absolute atomic E-state index is 13.0. The third kappa shape index (κ3) is 5.41. The minimum absolute atomic E-state index is 0.0619. The number of hydrogen-bond acceptors (Lipinski definition) is 6. The molecule has 1 aromatic heterocycles. The Labute approximate surface area is 188 Å². The van der Waals surface area contributed by atoms with Gasteiger partial charge in [0.2, 0.25) is 0 Å². The Hall–Kier alpha value is -3.03. The van der Waals surface area contributed by atoms with Gasteiger partial charge in [-0.25, -0.2) is 0 Å². The maximum Gasteiger partial charge on any atom is 0.258 e. The molecule has 3 rings (SSSR count). The van der Waals surface area contributed by atoms with Crippen molar-refractivity contribution in [2.75, 3.05) is 27.4 Å². The Bertz CT molecular complexity index is 1130. The predicted octanol–water partition coefficient (Wildman–Crippen LogP) is 3.35. The number of rotatable bonds is 8. The van der Waals surface area contributed by atoms with Crippen LogP contribution in [0.25, 0.3) is 22.0 Å². The van der Waals surface area contributed by atoms with E-state index < -0.39 is 6.10 Å². The predicted molar refractivity (Wildman–Crippen MR) is 127 cm³/mol. The van der Waals surface area contributed by atoms with Crippen LogP contribution in [-0.4, -0.2) is 48.7 Å². The molecular formula is C25H32N2O5. The Morgan fingerprint density at radius 2 is 1.66 bits per heavy atom. The number of aromatic nitrogens is 1. The topological polar surface area (TPSA) is 82.0 Å². The molecule has 1 heterocycles. The van der Waals surface area contributed by atoms with Gasteiger partial charge in [0.1, 0.15) is 18.5 Å². The van der Waals surface area contributed by atoms with Crippen LogP contribution < -0.4 is 25.1 Å². The molecule has 32 heavy (non-hydrogen) atoms. The Kier molecular flexibility index (Phi) is 7.11. The van der Waals surface area contributed by atoms with E-state index in [4.69, 9.17) is 14.2 Å². The standard InChI is InChI=1S/C25H32N2O5/c1-25(2,3)26-14-18(28)15-32-19-9-7-16(8-10-19)21-11-17-12-22(30-5)23(31-6)13-20(17)24(29)27(21)4/h7-13,18,26,28H,14-15H2,1-6H3. The minimum atomic E-state index is -0.609. The molecule has 0 spiro atoms. The van der Waals surface area contributed by atoms with Crippen LogP contribution in [-0.2, 0) is 7.05 Å². The fourth-order valence-corrected chi connectivity index (χ4v) is 3.41. The van der Waals surface area contributed by atoms with E-state index in [1.807, 2.05) is 57.2 Å². The van der Waals surface area contributed by atoms with E-state index in [1.165, 1.54) is 0 Å². The van der Waals surface area contributed by atoms with Crippen molar-refractivity contribution < 1.29 is 19.3 Å². The summed E-state index contributed by atoms with van der Waals surface area (Å²) in [5.74, 6) is 1.74. The smallest absolute Gasteiger partial charge is 0.258 e. The summed E-state index contributed by atoms with van der Waals surface area (Å²) in [6.45, 7) is 6.79. The summed E-state index contributed by atoms with van der Waals surface area (Å²) >= 11 is 0. The first-order chi connectivity index (χ1) is 15.1. The fourth-order valence-electron chi connectivity index (χ4n) is 3.41. The van der Waals surface area contributed by atoms with Gasteiger partial charge in [0, 0.05) is 19.1 Å². The monoisotopic (exact) mass is 440 g/mol. The number of fused-ring (bicyclic) bond motifs is 1. The summed E-state index contributed by atoms with van der Waals surface area (Å²) in [7, 11) is 4.86. The molecule has 0 saturated heterocycles. The maximum atomic E-state index is 13.0. The van der Waals surface area contributed by atoms with Crippen LogP contribution >= 0.6 is 0 Å². The van der Waals surface area contributed by atoms with E-state index in [0.29, 0.717) is 29.2 Å². The molecule has 0 fully saturated rings. The molecule has 1 unspecified atom stereocenters. The molecule has 1 atom stereocenters. The van der Waals surface area contributed by atoms with Crippen LogP contribution in [0, 0.1) is 0 Å². The summed E-state index contributed by atoms with van der Waals surface area (Å²) in [5.41, 5.74) is 1.47. The summed E-state index contributed by atoms with van der Waals surface area (Å²) in [6, 6.07) is 12.9. The number of ether oxygens (including phenoxy) is 3. The first kappa shape index (κ1) is 23.6. The number of nitrogens with zero attached hydrogens (tertiary/aromatic N) is 1. The highest BCUT2D eigenvalue weighted by molar-refractivity contribution is 5.88. The molecule has 7 nitrogen and oxygen atoms in total. The van der Waals surface area contributed by atoms with Crippen molar-refractivity contribution in [3.8, 4) is 28.5 Å². The first-order valence-corrected chi connectivity index (χ1v) is 10.5. The third-order valence-corrected chi connectivity index (χ3v) is 5.20. The van der Waals surface area contributed by atoms with Crippen LogP contribution in [0.4, 0.5) is 0 Å². The minimum Gasteiger partial charge on any atom is -0.493 e. The second-order valence-electron chi connectivity index (χ2n) is 8.81. The van der Waals surface area contributed by atoms with Gasteiger partial charge < -0.3 is 29.2 Å². The van der Waals surface area contributed by atoms with Gasteiger partial charge in [0.05, 0.1) is 25.3 Å². The van der Waals surface area contributed by atoms with E-state index in [9.17, 15) is 9.90 Å². The Balaban J connectivity index is 1.81. The molecule has 2 aromatic carbocycles. The van der Waals surface area contributed by atoms with Crippen LogP contribution in [0.2, 0.25) is 0 Å². The molecule has 0 aliphatic rings. The molecule has 0 amide bonds. The largest absolute Gasteiger partial charge is 0.493 e. The average molecular weight is 441 g/mol. The summed E-state index contributed by atoms with van der Waals surface area (Å²) < 4.78 is 18.0. The molecule has 0 radical (unpaired) electrons. The van der Waals surface area contributed by atoms with E-state index in [0.717, 1.165) is 16.6 Å². The van der Waals surface area contributed by atoms with E-state index in [1.54, 1.807) is 31.9 Å². The summed E-state index contributed by atoms with van der Waals surface area (Å²) in [6.07, 6.45) is -0.609. The van der Waals surface area contributed by atoms with Gasteiger partial charge in [-0.3, -0.25) is 4.79 Å². The van der Waals surface area contributed by atoms with Crippen molar-refractivity contribution in [1.29, 1.82) is 0 Å². The Morgan fingerprint density at radius 1 is 1.03 bits per heavy atom. The lowest BCUT2D eigenvalue weighted by atomic mass is 10.1. The van der Waals surface area contributed by atoms with Crippen molar-refractivity contribution in [3.63, 3.8) is 0 Å². The van der Waals surface area contributed by atoms with Crippen molar-refractivity contribution in [2.45, 2.75) is 32.4 Å². The highest BCUT2D eigenvalue weighted by atomic mass is 16.5. The zero-order chi connectivity index (χ0) is 23.5. The fraction of sp³-hybridized carbons (Fsp3) is 0.400. The van der Waals surface area contributed by atoms with Crippen molar-refractivity contribution in [1.82, 2.24) is 9.88 Å². The molecule has 0 aliphatic heterocycles. The van der Waals surface area contributed by atoms with Gasteiger partial charge in [0.15, 0.2) is 11.5 Å². The SMILES string of the molecule is COc1cc2cc(-c3ccc(OCC(O)CNC(C)(C)C)cc3)n(C)c(=O)c2cc1OC. The summed E-state index contributed by atoms with van der Waals surface area (Å²) in [5, 5.41) is 14.7. The summed E-state index contributed by atoms with van der Waals surface area (Å²) in [4.78, 5) is 13.0. The number of nitrogens with one attached hydrogen (secondary N) is 1. The quantitative estimate of drug-likeness (QED) is 0.559. The number of aliphatic hydroxyl groups excluding tert-OH is 1. The molecule has 0 aliphatic carbocycles. The second kappa shape index (κ2) is 9.63. The molecule has 7 heteroatoms. The molecule has 0 bridgehead atoms. The number of benzene rings is 2. The van der Waals surface area contributed by atoms with Gasteiger partial charge in [-0.15, -0.1) is 0 Å². The highest BCUT2D eigenvalue weighted by Crippen LogP contribution is 2.32. The lowest BCUT2D eigenvalue weighted by molar-refractivity contribution is 0.100. The van der Waals surface area contributed by atoms with Crippen LogP contribution in [0.3, 0.4) is 0 Å². The lowest BCUT2D eigenvalue weighted by Crippen LogP contribution is -2.42. The molecule has 0 saturated carbocycles. The second-order valence-corrected chi connectivity index (χ2v) is 8.81. The number of methoxy groups -OCH3 is 2. The molecule has 3 aromatic rings. The number of pyridine rings is 1. The zero-order valence-corrected chi connectivity index (χ0v) is 19.6. The zero-order valence-electron chi connectivity index (χ0n) is 19.6.